The first kappa shape index (κ1) is 42.6. The predicted molar refractivity (Wildman–Crippen MR) is 287 cm³/mol. The molecule has 71 heavy (non-hydrogen) atoms. The number of benzene rings is 10. The summed E-state index contributed by atoms with van der Waals surface area (Å²) in [6, 6.07) is 46.2. The molecule has 0 unspecified atom stereocenters. The Morgan fingerprint density at radius 3 is 1.49 bits per heavy atom. The second-order valence-corrected chi connectivity index (χ2v) is 26.3. The third kappa shape index (κ3) is 5.75. The molecule has 0 spiro atoms. The van der Waals surface area contributed by atoms with Crippen LogP contribution < -0.4 is 47.8 Å². The Morgan fingerprint density at radius 1 is 0.408 bits per heavy atom. The molecular weight excluding hydrogens is 912 g/mol. The maximum absolute atomic E-state index is 15.5. The average molecular weight is 955 g/mol. The lowest BCUT2D eigenvalue weighted by Crippen LogP contribution is -2.60. The van der Waals surface area contributed by atoms with E-state index in [1.54, 1.807) is 6.07 Å². The maximum Gasteiger partial charge on any atom is 0.416 e. The number of hydrogen-bond acceptors (Lipinski definition) is 2. The fraction of sp³-hybridized carbons (Fsp3) is 0.133. The quantitative estimate of drug-likeness (QED) is 0.0989. The van der Waals surface area contributed by atoms with Crippen molar-refractivity contribution >= 4 is 126 Å². The van der Waals surface area contributed by atoms with Gasteiger partial charge in [0.15, 0.2) is 0 Å². The highest BCUT2D eigenvalue weighted by atomic mass is 28.3. The van der Waals surface area contributed by atoms with Crippen LogP contribution in [0.25, 0.3) is 54.6 Å². The van der Waals surface area contributed by atoms with Crippen LogP contribution in [0.2, 0.25) is 19.6 Å². The fourth-order valence-electron chi connectivity index (χ4n) is 13.1. The zero-order valence-corrected chi connectivity index (χ0v) is 40.7. The molecule has 0 fully saturated rings. The molecule has 10 aromatic rings. The highest BCUT2D eigenvalue weighted by Gasteiger charge is 2.47. The van der Waals surface area contributed by atoms with Crippen molar-refractivity contribution in [1.82, 2.24) is 0 Å². The number of hydrogen-bond donors (Lipinski definition) is 0. The van der Waals surface area contributed by atoms with E-state index in [1.165, 1.54) is 24.3 Å². The average Bonchev–Trinajstić information content (AvgIpc) is 3.34. The van der Waals surface area contributed by atoms with E-state index in [0.29, 0.717) is 16.9 Å². The summed E-state index contributed by atoms with van der Waals surface area (Å²) in [5.74, 6) is 0. The van der Waals surface area contributed by atoms with Gasteiger partial charge < -0.3 is 9.80 Å². The first-order chi connectivity index (χ1) is 33.9. The SMILES string of the molecule is Cc1ccc2c(c1)N(c1ccccc1)c1cc(C(F)(F)F)cc3c1B2c1cc2c(C)cc4c5c(cc6c([Si](C)(C)C)cc-3c1c6c25)B1c2ccc(C(F)(F)F)cc2N(c2ccccc2)c2cc(C)cc-4c21. The smallest absolute Gasteiger partial charge is 0.311 e. The highest BCUT2D eigenvalue weighted by molar-refractivity contribution is 7.03. The molecule has 0 atom stereocenters. The Bertz CT molecular complexity index is 4010. The molecule has 2 nitrogen and oxygen atoms in total. The van der Waals surface area contributed by atoms with Crippen LogP contribution in [0.15, 0.2) is 146 Å². The van der Waals surface area contributed by atoms with E-state index in [-0.39, 0.29) is 6.71 Å². The number of para-hydroxylation sites is 2. The van der Waals surface area contributed by atoms with Gasteiger partial charge in [0.25, 0.3) is 0 Å². The summed E-state index contributed by atoms with van der Waals surface area (Å²) in [7, 11) is -2.37. The highest BCUT2D eigenvalue weighted by Crippen LogP contribution is 2.51. The number of nitrogens with zero attached hydrogens (tertiary/aromatic N) is 2. The van der Waals surface area contributed by atoms with Crippen molar-refractivity contribution in [3.8, 4) is 22.3 Å². The number of aryl methyl sites for hydroxylation is 3. The summed E-state index contributed by atoms with van der Waals surface area (Å²) in [5, 5.41) is 7.37. The van der Waals surface area contributed by atoms with Gasteiger partial charge >= 0.3 is 12.4 Å². The molecule has 0 aromatic heterocycles. The van der Waals surface area contributed by atoms with Gasteiger partial charge in [0.05, 0.1) is 19.2 Å². The molecule has 10 aromatic carbocycles. The summed E-state index contributed by atoms with van der Waals surface area (Å²) < 4.78 is 91.0. The van der Waals surface area contributed by atoms with Crippen molar-refractivity contribution < 1.29 is 26.3 Å². The number of halogens is 6. The van der Waals surface area contributed by atoms with Crippen LogP contribution >= 0.6 is 0 Å². The molecular formula is C60H42B2F6N2Si. The van der Waals surface area contributed by atoms with E-state index >= 15 is 13.2 Å². The second-order valence-electron chi connectivity index (χ2n) is 21.2. The summed E-state index contributed by atoms with van der Waals surface area (Å²) in [6.07, 6.45) is -9.20. The van der Waals surface area contributed by atoms with Crippen molar-refractivity contribution in [2.24, 2.45) is 0 Å². The summed E-state index contributed by atoms with van der Waals surface area (Å²) in [6.45, 7) is 12.3. The standard InChI is InChI=1S/C60H42B2F6N2Si/c1-31-17-19-44-48(22-31)69(36-13-9-7-10-14-36)51-27-35(60(66,67)68)25-42-40-30-52(71(4,5)6)43-29-47-53-39(24-33(3)38-28-46(61(44)58(42)51)54(40)56(43)55(38)53)41-21-32(2)23-50-57(41)62(47)45-20-18-34(59(63,64)65)26-49(45)70(50)37-15-11-8-12-16-37/h7-30H,1-6H3. The lowest BCUT2D eigenvalue weighted by molar-refractivity contribution is -0.138. The first-order valence-electron chi connectivity index (χ1n) is 24.1. The van der Waals surface area contributed by atoms with Gasteiger partial charge in [-0.1, -0.05) is 127 Å². The Labute approximate surface area is 408 Å². The number of fused-ring (bicyclic) bond motifs is 8. The topological polar surface area (TPSA) is 6.48 Å². The van der Waals surface area contributed by atoms with E-state index in [2.05, 4.69) is 81.2 Å². The minimum Gasteiger partial charge on any atom is -0.311 e. The molecule has 0 aliphatic carbocycles. The van der Waals surface area contributed by atoms with E-state index in [4.69, 9.17) is 0 Å². The molecule has 0 amide bonds. The van der Waals surface area contributed by atoms with Crippen molar-refractivity contribution in [2.75, 3.05) is 9.80 Å². The van der Waals surface area contributed by atoms with Crippen LogP contribution in [0.1, 0.15) is 27.8 Å². The van der Waals surface area contributed by atoms with Crippen LogP contribution in [0, 0.1) is 20.8 Å². The van der Waals surface area contributed by atoms with Gasteiger partial charge in [-0.25, -0.2) is 0 Å². The molecule has 11 heteroatoms. The first-order valence-corrected chi connectivity index (χ1v) is 27.6. The van der Waals surface area contributed by atoms with Gasteiger partial charge in [-0.3, -0.25) is 0 Å². The van der Waals surface area contributed by atoms with Crippen molar-refractivity contribution in [1.29, 1.82) is 0 Å². The van der Waals surface area contributed by atoms with Crippen molar-refractivity contribution in [2.45, 2.75) is 52.8 Å². The van der Waals surface area contributed by atoms with Gasteiger partial charge in [-0.2, -0.15) is 26.3 Å². The molecule has 0 saturated carbocycles. The Kier molecular flexibility index (Phi) is 8.41. The molecule has 0 bridgehead atoms. The molecule has 344 valence electrons. The summed E-state index contributed by atoms with van der Waals surface area (Å²) >= 11 is 0. The van der Waals surface area contributed by atoms with Crippen LogP contribution in [0.4, 0.5) is 60.5 Å². The van der Waals surface area contributed by atoms with Gasteiger partial charge in [0, 0.05) is 34.1 Å². The number of alkyl halides is 6. The zero-order chi connectivity index (χ0) is 48.9. The molecule has 0 N–H and O–H groups in total. The monoisotopic (exact) mass is 954 g/mol. The lowest BCUT2D eigenvalue weighted by Gasteiger charge is -2.43. The molecule has 0 radical (unpaired) electrons. The normalized spacial score (nSPS) is 14.4. The Hall–Kier alpha value is -7.23. The predicted octanol–water partition coefficient (Wildman–Crippen LogP) is 12.7. The van der Waals surface area contributed by atoms with Crippen LogP contribution in [-0.2, 0) is 12.4 Å². The van der Waals surface area contributed by atoms with Crippen molar-refractivity contribution in [3.05, 3.63) is 173 Å². The third-order valence-corrected chi connectivity index (χ3v) is 17.9. The largest absolute Gasteiger partial charge is 0.416 e. The van der Waals surface area contributed by atoms with E-state index < -0.39 is 38.3 Å². The van der Waals surface area contributed by atoms with E-state index in [0.717, 1.165) is 126 Å². The minimum absolute atomic E-state index is 0.385. The maximum atomic E-state index is 15.5. The minimum atomic E-state index is -4.63. The number of anilines is 6. The second kappa shape index (κ2) is 14.0. The van der Waals surface area contributed by atoms with Gasteiger partial charge in [-0.15, -0.1) is 0 Å². The molecule has 4 aliphatic heterocycles. The Balaban J connectivity index is 1.16. The Morgan fingerprint density at radius 2 is 0.901 bits per heavy atom. The van der Waals surface area contributed by atoms with Crippen LogP contribution in [-0.4, -0.2) is 21.5 Å². The van der Waals surface area contributed by atoms with Crippen LogP contribution in [0.5, 0.6) is 0 Å². The van der Waals surface area contributed by atoms with E-state index in [1.807, 2.05) is 84.3 Å². The molecule has 0 saturated heterocycles. The van der Waals surface area contributed by atoms with Gasteiger partial charge in [-0.05, 0) is 168 Å². The van der Waals surface area contributed by atoms with Gasteiger partial charge in [0.1, 0.15) is 0 Å². The third-order valence-electron chi connectivity index (χ3n) is 15.9. The lowest BCUT2D eigenvalue weighted by atomic mass is 9.31. The molecule has 14 rings (SSSR count). The van der Waals surface area contributed by atoms with Gasteiger partial charge in [0.2, 0.25) is 13.4 Å². The zero-order valence-electron chi connectivity index (χ0n) is 39.7. The summed E-state index contributed by atoms with van der Waals surface area (Å²) in [5.41, 5.74) is 15.2. The number of rotatable bonds is 3. The summed E-state index contributed by atoms with van der Waals surface area (Å²) in [4.78, 5) is 4.03. The van der Waals surface area contributed by atoms with Crippen molar-refractivity contribution in [3.63, 3.8) is 0 Å². The van der Waals surface area contributed by atoms with E-state index in [9.17, 15) is 13.2 Å². The van der Waals surface area contributed by atoms with Crippen LogP contribution in [0.3, 0.4) is 0 Å². The molecule has 4 aliphatic rings. The fourth-order valence-corrected chi connectivity index (χ4v) is 14.7. The molecule has 4 heterocycles.